The highest BCUT2D eigenvalue weighted by molar-refractivity contribution is 5.63. The maximum atomic E-state index is 9.92. The summed E-state index contributed by atoms with van der Waals surface area (Å²) in [7, 11) is 1.51. The SMILES string of the molecule is COc1cccc(C=C(N)C(C)(C)CN)c1O. The van der Waals surface area contributed by atoms with Crippen molar-refractivity contribution >= 4 is 6.08 Å². The van der Waals surface area contributed by atoms with Crippen molar-refractivity contribution in [2.75, 3.05) is 13.7 Å². The number of aromatic hydroxyl groups is 1. The van der Waals surface area contributed by atoms with Gasteiger partial charge in [-0.1, -0.05) is 26.0 Å². The minimum atomic E-state index is -0.296. The summed E-state index contributed by atoms with van der Waals surface area (Å²) in [4.78, 5) is 0. The zero-order chi connectivity index (χ0) is 13.1. The molecule has 0 fully saturated rings. The molecule has 0 spiro atoms. The van der Waals surface area contributed by atoms with Gasteiger partial charge in [-0.25, -0.2) is 0 Å². The van der Waals surface area contributed by atoms with Crippen LogP contribution in [0.1, 0.15) is 19.4 Å². The first-order valence-electron chi connectivity index (χ1n) is 5.46. The van der Waals surface area contributed by atoms with Gasteiger partial charge < -0.3 is 21.3 Å². The van der Waals surface area contributed by atoms with E-state index in [1.807, 2.05) is 13.8 Å². The van der Waals surface area contributed by atoms with Crippen molar-refractivity contribution < 1.29 is 9.84 Å². The van der Waals surface area contributed by atoms with Gasteiger partial charge >= 0.3 is 0 Å². The molecular formula is C13H20N2O2. The topological polar surface area (TPSA) is 81.5 Å². The van der Waals surface area contributed by atoms with E-state index in [0.29, 0.717) is 23.6 Å². The van der Waals surface area contributed by atoms with Crippen molar-refractivity contribution in [1.29, 1.82) is 0 Å². The van der Waals surface area contributed by atoms with E-state index < -0.39 is 0 Å². The van der Waals surface area contributed by atoms with Crippen LogP contribution in [0.2, 0.25) is 0 Å². The lowest BCUT2D eigenvalue weighted by Crippen LogP contribution is -2.29. The van der Waals surface area contributed by atoms with Crippen LogP contribution in [0.3, 0.4) is 0 Å². The molecule has 1 rings (SSSR count). The predicted molar refractivity (Wildman–Crippen MR) is 69.7 cm³/mol. The second kappa shape index (κ2) is 5.10. The summed E-state index contributed by atoms with van der Waals surface area (Å²) >= 11 is 0. The summed E-state index contributed by atoms with van der Waals surface area (Å²) < 4.78 is 5.03. The Bertz CT molecular complexity index is 425. The Morgan fingerprint density at radius 1 is 1.47 bits per heavy atom. The Balaban J connectivity index is 3.15. The molecule has 0 amide bonds. The van der Waals surface area contributed by atoms with Crippen LogP contribution >= 0.6 is 0 Å². The van der Waals surface area contributed by atoms with Crippen LogP contribution in [0.15, 0.2) is 23.9 Å². The summed E-state index contributed by atoms with van der Waals surface area (Å²) in [6, 6.07) is 5.27. The zero-order valence-electron chi connectivity index (χ0n) is 10.5. The Labute approximate surface area is 102 Å². The third-order valence-electron chi connectivity index (χ3n) is 2.85. The largest absolute Gasteiger partial charge is 0.504 e. The zero-order valence-corrected chi connectivity index (χ0v) is 10.5. The van der Waals surface area contributed by atoms with E-state index in [1.165, 1.54) is 7.11 Å². The molecule has 0 aromatic heterocycles. The highest BCUT2D eigenvalue weighted by Gasteiger charge is 2.19. The Kier molecular flexibility index (Phi) is 4.02. The molecule has 4 nitrogen and oxygen atoms in total. The van der Waals surface area contributed by atoms with Gasteiger partial charge in [0.2, 0.25) is 0 Å². The number of nitrogens with two attached hydrogens (primary N) is 2. The Hall–Kier alpha value is -1.68. The molecular weight excluding hydrogens is 216 g/mol. The predicted octanol–water partition coefficient (Wildman–Crippen LogP) is 1.69. The molecule has 1 aromatic carbocycles. The lowest BCUT2D eigenvalue weighted by molar-refractivity contribution is 0.373. The van der Waals surface area contributed by atoms with Crippen molar-refractivity contribution in [3.63, 3.8) is 0 Å². The highest BCUT2D eigenvalue weighted by atomic mass is 16.5. The van der Waals surface area contributed by atoms with Crippen molar-refractivity contribution in [2.24, 2.45) is 16.9 Å². The number of benzene rings is 1. The first-order valence-corrected chi connectivity index (χ1v) is 5.46. The number of hydrogen-bond acceptors (Lipinski definition) is 4. The second-order valence-corrected chi connectivity index (χ2v) is 4.59. The van der Waals surface area contributed by atoms with Gasteiger partial charge in [-0.05, 0) is 12.1 Å². The van der Waals surface area contributed by atoms with Gasteiger partial charge in [-0.3, -0.25) is 0 Å². The fourth-order valence-electron chi connectivity index (χ4n) is 1.30. The third kappa shape index (κ3) is 2.91. The van der Waals surface area contributed by atoms with Gasteiger partial charge in [0.05, 0.1) is 7.11 Å². The normalized spacial score (nSPS) is 12.6. The Morgan fingerprint density at radius 3 is 2.65 bits per heavy atom. The standard InChI is InChI=1S/C13H20N2O2/c1-13(2,8-14)11(15)7-9-5-4-6-10(17-3)12(9)16/h4-7,16H,8,14-15H2,1-3H3. The number of methoxy groups -OCH3 is 1. The summed E-state index contributed by atoms with van der Waals surface area (Å²) in [6.45, 7) is 4.35. The molecule has 17 heavy (non-hydrogen) atoms. The fourth-order valence-corrected chi connectivity index (χ4v) is 1.30. The number of phenolic OH excluding ortho intramolecular Hbond substituents is 1. The van der Waals surface area contributed by atoms with Crippen LogP contribution in [-0.2, 0) is 0 Å². The molecule has 0 saturated heterocycles. The van der Waals surface area contributed by atoms with Crippen LogP contribution in [0.5, 0.6) is 11.5 Å². The molecule has 1 aromatic rings. The van der Waals surface area contributed by atoms with Crippen molar-refractivity contribution in [3.05, 3.63) is 29.5 Å². The smallest absolute Gasteiger partial charge is 0.165 e. The minimum Gasteiger partial charge on any atom is -0.504 e. The first kappa shape index (κ1) is 13.4. The molecule has 94 valence electrons. The number of para-hydroxylation sites is 1. The van der Waals surface area contributed by atoms with E-state index in [0.717, 1.165) is 0 Å². The average molecular weight is 236 g/mol. The van der Waals surface area contributed by atoms with Gasteiger partial charge in [0.15, 0.2) is 11.5 Å². The molecule has 0 bridgehead atoms. The molecule has 0 unspecified atom stereocenters. The molecule has 0 aliphatic rings. The van der Waals surface area contributed by atoms with Gasteiger partial charge in [0, 0.05) is 23.2 Å². The van der Waals surface area contributed by atoms with E-state index in [-0.39, 0.29) is 11.2 Å². The van der Waals surface area contributed by atoms with Crippen LogP contribution in [0.4, 0.5) is 0 Å². The molecule has 0 aliphatic heterocycles. The first-order chi connectivity index (χ1) is 7.92. The van der Waals surface area contributed by atoms with E-state index >= 15 is 0 Å². The third-order valence-corrected chi connectivity index (χ3v) is 2.85. The van der Waals surface area contributed by atoms with Crippen LogP contribution in [0, 0.1) is 5.41 Å². The summed E-state index contributed by atoms with van der Waals surface area (Å²) in [6.07, 6.45) is 1.73. The summed E-state index contributed by atoms with van der Waals surface area (Å²) in [5.74, 6) is 0.517. The summed E-state index contributed by atoms with van der Waals surface area (Å²) in [5, 5.41) is 9.92. The summed E-state index contributed by atoms with van der Waals surface area (Å²) in [5.41, 5.74) is 12.6. The molecule has 4 heteroatoms. The van der Waals surface area contributed by atoms with Gasteiger partial charge in [-0.15, -0.1) is 0 Å². The number of rotatable bonds is 4. The number of hydrogen-bond donors (Lipinski definition) is 3. The van der Waals surface area contributed by atoms with Crippen molar-refractivity contribution in [3.8, 4) is 11.5 Å². The lowest BCUT2D eigenvalue weighted by Gasteiger charge is -2.23. The van der Waals surface area contributed by atoms with E-state index in [2.05, 4.69) is 0 Å². The molecule has 0 saturated carbocycles. The second-order valence-electron chi connectivity index (χ2n) is 4.59. The lowest BCUT2D eigenvalue weighted by atomic mass is 9.88. The van der Waals surface area contributed by atoms with E-state index in [9.17, 15) is 5.11 Å². The molecule has 0 aliphatic carbocycles. The Morgan fingerprint density at radius 2 is 2.12 bits per heavy atom. The molecule has 0 radical (unpaired) electrons. The van der Waals surface area contributed by atoms with Crippen molar-refractivity contribution in [1.82, 2.24) is 0 Å². The van der Waals surface area contributed by atoms with Gasteiger partial charge in [0.25, 0.3) is 0 Å². The van der Waals surface area contributed by atoms with Crippen LogP contribution in [-0.4, -0.2) is 18.8 Å². The van der Waals surface area contributed by atoms with Crippen LogP contribution < -0.4 is 16.2 Å². The van der Waals surface area contributed by atoms with E-state index in [4.69, 9.17) is 16.2 Å². The van der Waals surface area contributed by atoms with Gasteiger partial charge in [0.1, 0.15) is 0 Å². The van der Waals surface area contributed by atoms with Crippen molar-refractivity contribution in [2.45, 2.75) is 13.8 Å². The minimum absolute atomic E-state index is 0.0887. The van der Waals surface area contributed by atoms with Gasteiger partial charge in [-0.2, -0.15) is 0 Å². The number of ether oxygens (including phenoxy) is 1. The van der Waals surface area contributed by atoms with Crippen LogP contribution in [0.25, 0.3) is 6.08 Å². The fraction of sp³-hybridized carbons (Fsp3) is 0.385. The molecule has 5 N–H and O–H groups in total. The maximum absolute atomic E-state index is 9.92. The highest BCUT2D eigenvalue weighted by Crippen LogP contribution is 2.32. The molecule has 0 heterocycles. The molecule has 0 atom stereocenters. The quantitative estimate of drug-likeness (QED) is 0.743. The average Bonchev–Trinajstić information content (AvgIpc) is 2.31. The number of phenols is 1. The monoisotopic (exact) mass is 236 g/mol. The maximum Gasteiger partial charge on any atom is 0.165 e. The van der Waals surface area contributed by atoms with E-state index in [1.54, 1.807) is 24.3 Å².